The van der Waals surface area contributed by atoms with Crippen molar-refractivity contribution in [3.63, 3.8) is 0 Å². The van der Waals surface area contributed by atoms with Crippen LogP contribution in [-0.4, -0.2) is 6.61 Å². The molecule has 0 saturated carbocycles. The Morgan fingerprint density at radius 1 is 1.10 bits per heavy atom. The molecular formula is C15H14F3NO. The molecule has 0 amide bonds. The van der Waals surface area contributed by atoms with Gasteiger partial charge in [-0.05, 0) is 13.0 Å². The standard InChI is InChI=1S/C15H14F3NO/c1-2-20-13-6-4-3-5-10(13)15(19)14-11(17)7-9(16)8-12(14)18/h3-8,15H,2,19H2,1H3. The van der Waals surface area contributed by atoms with Gasteiger partial charge >= 0.3 is 0 Å². The van der Waals surface area contributed by atoms with Gasteiger partial charge in [-0.3, -0.25) is 0 Å². The summed E-state index contributed by atoms with van der Waals surface area (Å²) in [4.78, 5) is 0. The maximum Gasteiger partial charge on any atom is 0.134 e. The molecule has 1 unspecified atom stereocenters. The zero-order valence-electron chi connectivity index (χ0n) is 10.9. The third-order valence-electron chi connectivity index (χ3n) is 2.91. The van der Waals surface area contributed by atoms with Gasteiger partial charge in [0.15, 0.2) is 0 Å². The first-order chi connectivity index (χ1) is 9.54. The molecule has 2 nitrogen and oxygen atoms in total. The summed E-state index contributed by atoms with van der Waals surface area (Å²) in [5.74, 6) is -2.55. The lowest BCUT2D eigenvalue weighted by Gasteiger charge is -2.18. The third-order valence-corrected chi connectivity index (χ3v) is 2.91. The van der Waals surface area contributed by atoms with Gasteiger partial charge in [0, 0.05) is 23.3 Å². The Balaban J connectivity index is 2.49. The molecule has 0 spiro atoms. The topological polar surface area (TPSA) is 35.2 Å². The molecule has 106 valence electrons. The van der Waals surface area contributed by atoms with E-state index in [1.54, 1.807) is 31.2 Å². The summed E-state index contributed by atoms with van der Waals surface area (Å²) in [6.45, 7) is 2.19. The number of benzene rings is 2. The maximum absolute atomic E-state index is 13.8. The minimum absolute atomic E-state index is 0.376. The number of hydrogen-bond donors (Lipinski definition) is 1. The van der Waals surface area contributed by atoms with E-state index in [4.69, 9.17) is 10.5 Å². The third kappa shape index (κ3) is 2.77. The molecule has 2 aromatic carbocycles. The zero-order chi connectivity index (χ0) is 14.7. The summed E-state index contributed by atoms with van der Waals surface area (Å²) in [5.41, 5.74) is 5.98. The van der Waals surface area contributed by atoms with Crippen LogP contribution in [0.15, 0.2) is 36.4 Å². The van der Waals surface area contributed by atoms with E-state index in [1.165, 1.54) is 0 Å². The van der Waals surface area contributed by atoms with Crippen molar-refractivity contribution >= 4 is 0 Å². The van der Waals surface area contributed by atoms with Crippen LogP contribution in [0, 0.1) is 17.5 Å². The molecule has 0 aromatic heterocycles. The van der Waals surface area contributed by atoms with Crippen LogP contribution in [0.4, 0.5) is 13.2 Å². The number of ether oxygens (including phenoxy) is 1. The van der Waals surface area contributed by atoms with Crippen LogP contribution >= 0.6 is 0 Å². The molecule has 5 heteroatoms. The van der Waals surface area contributed by atoms with Crippen LogP contribution in [0.3, 0.4) is 0 Å². The number of nitrogens with two attached hydrogens (primary N) is 1. The fourth-order valence-electron chi connectivity index (χ4n) is 2.03. The van der Waals surface area contributed by atoms with Gasteiger partial charge in [0.25, 0.3) is 0 Å². The van der Waals surface area contributed by atoms with Crippen molar-refractivity contribution in [1.82, 2.24) is 0 Å². The number of rotatable bonds is 4. The van der Waals surface area contributed by atoms with Crippen LogP contribution in [-0.2, 0) is 0 Å². The second-order valence-corrected chi connectivity index (χ2v) is 4.23. The molecule has 1 atom stereocenters. The van der Waals surface area contributed by atoms with Gasteiger partial charge < -0.3 is 10.5 Å². The second-order valence-electron chi connectivity index (χ2n) is 4.23. The fourth-order valence-corrected chi connectivity index (χ4v) is 2.03. The Hall–Kier alpha value is -2.01. The van der Waals surface area contributed by atoms with Crippen molar-refractivity contribution in [1.29, 1.82) is 0 Å². The Bertz CT molecular complexity index is 593. The minimum Gasteiger partial charge on any atom is -0.494 e. The van der Waals surface area contributed by atoms with Crippen LogP contribution in [0.5, 0.6) is 5.75 Å². The molecular weight excluding hydrogens is 267 g/mol. The molecule has 0 aliphatic carbocycles. The number of halogens is 3. The summed E-state index contributed by atoms with van der Waals surface area (Å²) >= 11 is 0. The van der Waals surface area contributed by atoms with Crippen molar-refractivity contribution < 1.29 is 17.9 Å². The van der Waals surface area contributed by atoms with Gasteiger partial charge in [0.2, 0.25) is 0 Å². The van der Waals surface area contributed by atoms with Crippen molar-refractivity contribution in [2.24, 2.45) is 5.73 Å². The average Bonchev–Trinajstić information content (AvgIpc) is 2.38. The Morgan fingerprint density at radius 2 is 1.70 bits per heavy atom. The number of hydrogen-bond acceptors (Lipinski definition) is 2. The second kappa shape index (κ2) is 5.96. The highest BCUT2D eigenvalue weighted by molar-refractivity contribution is 5.42. The van der Waals surface area contributed by atoms with E-state index in [-0.39, 0.29) is 5.56 Å². The number of para-hydroxylation sites is 1. The van der Waals surface area contributed by atoms with E-state index in [0.717, 1.165) is 0 Å². The molecule has 2 aromatic rings. The SMILES string of the molecule is CCOc1ccccc1C(N)c1c(F)cc(F)cc1F. The summed E-state index contributed by atoms with van der Waals surface area (Å²) < 4.78 is 45.8. The Labute approximate surface area is 115 Å². The molecule has 0 aliphatic rings. The lowest BCUT2D eigenvalue weighted by atomic mass is 9.97. The molecule has 20 heavy (non-hydrogen) atoms. The highest BCUT2D eigenvalue weighted by atomic mass is 19.1. The first kappa shape index (κ1) is 14.4. The predicted octanol–water partition coefficient (Wildman–Crippen LogP) is 3.55. The molecule has 0 bridgehead atoms. The van der Waals surface area contributed by atoms with Gasteiger partial charge in [-0.1, -0.05) is 18.2 Å². The highest BCUT2D eigenvalue weighted by Gasteiger charge is 2.22. The van der Waals surface area contributed by atoms with E-state index in [0.29, 0.717) is 30.1 Å². The van der Waals surface area contributed by atoms with E-state index >= 15 is 0 Å². The van der Waals surface area contributed by atoms with Crippen molar-refractivity contribution in [3.05, 3.63) is 65.0 Å². The normalized spacial score (nSPS) is 12.2. The summed E-state index contributed by atoms with van der Waals surface area (Å²) in [5, 5.41) is 0. The highest BCUT2D eigenvalue weighted by Crippen LogP contribution is 2.31. The summed E-state index contributed by atoms with van der Waals surface area (Å²) in [6, 6.07) is 6.87. The van der Waals surface area contributed by atoms with Gasteiger partial charge in [-0.15, -0.1) is 0 Å². The van der Waals surface area contributed by atoms with Gasteiger partial charge in [-0.25, -0.2) is 13.2 Å². The predicted molar refractivity (Wildman–Crippen MR) is 70.0 cm³/mol. The molecule has 2 rings (SSSR count). The van der Waals surface area contributed by atoms with E-state index in [9.17, 15) is 13.2 Å². The first-order valence-electron chi connectivity index (χ1n) is 6.16. The van der Waals surface area contributed by atoms with Gasteiger partial charge in [-0.2, -0.15) is 0 Å². The fraction of sp³-hybridized carbons (Fsp3) is 0.200. The smallest absolute Gasteiger partial charge is 0.134 e. The van der Waals surface area contributed by atoms with E-state index in [2.05, 4.69) is 0 Å². The average molecular weight is 281 g/mol. The molecule has 0 fully saturated rings. The summed E-state index contributed by atoms with van der Waals surface area (Å²) in [7, 11) is 0. The first-order valence-corrected chi connectivity index (χ1v) is 6.16. The summed E-state index contributed by atoms with van der Waals surface area (Å²) in [6.07, 6.45) is 0. The van der Waals surface area contributed by atoms with Crippen molar-refractivity contribution in [2.45, 2.75) is 13.0 Å². The van der Waals surface area contributed by atoms with Crippen LogP contribution in [0.2, 0.25) is 0 Å². The monoisotopic (exact) mass is 281 g/mol. The van der Waals surface area contributed by atoms with Crippen molar-refractivity contribution in [2.75, 3.05) is 6.61 Å². The Morgan fingerprint density at radius 3 is 2.30 bits per heavy atom. The van der Waals surface area contributed by atoms with Crippen LogP contribution in [0.1, 0.15) is 24.1 Å². The van der Waals surface area contributed by atoms with E-state index < -0.39 is 23.5 Å². The van der Waals surface area contributed by atoms with Gasteiger partial charge in [0.1, 0.15) is 23.2 Å². The lowest BCUT2D eigenvalue weighted by Crippen LogP contribution is -2.17. The molecule has 0 saturated heterocycles. The Kier molecular flexibility index (Phi) is 4.29. The molecule has 0 heterocycles. The van der Waals surface area contributed by atoms with Crippen LogP contribution in [0.25, 0.3) is 0 Å². The lowest BCUT2D eigenvalue weighted by molar-refractivity contribution is 0.335. The van der Waals surface area contributed by atoms with Crippen molar-refractivity contribution in [3.8, 4) is 5.75 Å². The quantitative estimate of drug-likeness (QED) is 0.930. The van der Waals surface area contributed by atoms with Gasteiger partial charge in [0.05, 0.1) is 12.6 Å². The molecule has 0 radical (unpaired) electrons. The largest absolute Gasteiger partial charge is 0.494 e. The zero-order valence-corrected chi connectivity index (χ0v) is 10.9. The molecule has 0 aliphatic heterocycles. The molecule has 2 N–H and O–H groups in total. The maximum atomic E-state index is 13.8. The van der Waals surface area contributed by atoms with Crippen LogP contribution < -0.4 is 10.5 Å². The van der Waals surface area contributed by atoms with E-state index in [1.807, 2.05) is 0 Å². The minimum atomic E-state index is -1.07.